The lowest BCUT2D eigenvalue weighted by molar-refractivity contribution is -0.113. The quantitative estimate of drug-likeness (QED) is 0.803. The summed E-state index contributed by atoms with van der Waals surface area (Å²) in [6.45, 7) is 0.678. The van der Waals surface area contributed by atoms with Gasteiger partial charge in [0.1, 0.15) is 0 Å². The topological polar surface area (TPSA) is 41.1 Å². The minimum atomic E-state index is 0.0464. The molecule has 0 radical (unpaired) electrons. The second-order valence-corrected chi connectivity index (χ2v) is 6.95. The van der Waals surface area contributed by atoms with Gasteiger partial charge in [-0.2, -0.15) is 0 Å². The third-order valence-electron chi connectivity index (χ3n) is 3.11. The molecule has 0 fully saturated rings. The molecule has 2 aromatic carbocycles. The SMILES string of the molecule is O=C1CSc2ccc(NCc3ccc(Cl)cc3Br)cc2N1. The minimum absolute atomic E-state index is 0.0464. The maximum atomic E-state index is 11.4. The van der Waals surface area contributed by atoms with Crippen molar-refractivity contribution >= 4 is 56.6 Å². The molecule has 0 atom stereocenters. The summed E-state index contributed by atoms with van der Waals surface area (Å²) >= 11 is 11.0. The van der Waals surface area contributed by atoms with Gasteiger partial charge in [-0.1, -0.05) is 33.6 Å². The van der Waals surface area contributed by atoms with Crippen molar-refractivity contribution in [1.29, 1.82) is 0 Å². The van der Waals surface area contributed by atoms with E-state index >= 15 is 0 Å². The molecule has 0 saturated heterocycles. The molecule has 108 valence electrons. The van der Waals surface area contributed by atoms with Crippen molar-refractivity contribution in [3.8, 4) is 0 Å². The van der Waals surface area contributed by atoms with Crippen LogP contribution in [0.3, 0.4) is 0 Å². The van der Waals surface area contributed by atoms with Crippen LogP contribution in [-0.2, 0) is 11.3 Å². The lowest BCUT2D eigenvalue weighted by Gasteiger charge is -2.17. The Balaban J connectivity index is 1.73. The Morgan fingerprint density at radius 1 is 1.29 bits per heavy atom. The highest BCUT2D eigenvalue weighted by Gasteiger charge is 2.15. The van der Waals surface area contributed by atoms with E-state index in [9.17, 15) is 4.79 Å². The van der Waals surface area contributed by atoms with Crippen LogP contribution in [0.2, 0.25) is 5.02 Å². The van der Waals surface area contributed by atoms with Gasteiger partial charge in [-0.3, -0.25) is 4.79 Å². The van der Waals surface area contributed by atoms with Crippen molar-refractivity contribution in [1.82, 2.24) is 0 Å². The van der Waals surface area contributed by atoms with Gasteiger partial charge in [-0.15, -0.1) is 11.8 Å². The third kappa shape index (κ3) is 3.54. The van der Waals surface area contributed by atoms with Crippen molar-refractivity contribution in [3.63, 3.8) is 0 Å². The summed E-state index contributed by atoms with van der Waals surface area (Å²) in [6.07, 6.45) is 0. The first kappa shape index (κ1) is 14.8. The zero-order valence-electron chi connectivity index (χ0n) is 11.0. The Labute approximate surface area is 140 Å². The van der Waals surface area contributed by atoms with E-state index in [0.717, 1.165) is 26.3 Å². The number of hydrogen-bond donors (Lipinski definition) is 2. The fourth-order valence-corrected chi connectivity index (χ4v) is 3.67. The number of benzene rings is 2. The first-order valence-electron chi connectivity index (χ1n) is 6.36. The molecule has 1 heterocycles. The van der Waals surface area contributed by atoms with Gasteiger partial charge in [0.05, 0.1) is 11.4 Å². The number of carbonyl (C=O) groups excluding carboxylic acids is 1. The van der Waals surface area contributed by atoms with Crippen LogP contribution in [0.5, 0.6) is 0 Å². The van der Waals surface area contributed by atoms with Gasteiger partial charge in [0.2, 0.25) is 5.91 Å². The number of halogens is 2. The van der Waals surface area contributed by atoms with Crippen molar-refractivity contribution in [2.24, 2.45) is 0 Å². The monoisotopic (exact) mass is 382 g/mol. The van der Waals surface area contributed by atoms with Crippen LogP contribution in [0.15, 0.2) is 45.8 Å². The van der Waals surface area contributed by atoms with Crippen LogP contribution < -0.4 is 10.6 Å². The predicted octanol–water partition coefficient (Wildman–Crippen LogP) is 4.76. The first-order chi connectivity index (χ1) is 10.1. The standard InChI is InChI=1S/C15H12BrClN2OS/c16-12-5-10(17)2-1-9(12)7-18-11-3-4-14-13(6-11)19-15(20)8-21-14/h1-6,18H,7-8H2,(H,19,20). The predicted molar refractivity (Wildman–Crippen MR) is 92.3 cm³/mol. The number of hydrogen-bond acceptors (Lipinski definition) is 3. The number of nitrogens with one attached hydrogen (secondary N) is 2. The zero-order valence-corrected chi connectivity index (χ0v) is 14.1. The average molecular weight is 384 g/mol. The highest BCUT2D eigenvalue weighted by atomic mass is 79.9. The Kier molecular flexibility index (Phi) is 4.42. The van der Waals surface area contributed by atoms with Crippen LogP contribution in [0.1, 0.15) is 5.56 Å². The summed E-state index contributed by atoms with van der Waals surface area (Å²) in [6, 6.07) is 11.7. The van der Waals surface area contributed by atoms with Crippen molar-refractivity contribution in [2.45, 2.75) is 11.4 Å². The smallest absolute Gasteiger partial charge is 0.234 e. The summed E-state index contributed by atoms with van der Waals surface area (Å²) in [4.78, 5) is 12.5. The third-order valence-corrected chi connectivity index (χ3v) is 5.16. The largest absolute Gasteiger partial charge is 0.381 e. The van der Waals surface area contributed by atoms with Crippen LogP contribution >= 0.6 is 39.3 Å². The molecule has 0 aromatic heterocycles. The zero-order chi connectivity index (χ0) is 14.8. The molecule has 2 aromatic rings. The Morgan fingerprint density at radius 3 is 2.95 bits per heavy atom. The summed E-state index contributed by atoms with van der Waals surface area (Å²) in [5.74, 6) is 0.530. The molecule has 3 rings (SSSR count). The van der Waals surface area contributed by atoms with Gasteiger partial charge in [0.25, 0.3) is 0 Å². The highest BCUT2D eigenvalue weighted by Crippen LogP contribution is 2.33. The lowest BCUT2D eigenvalue weighted by Crippen LogP contribution is -2.18. The van der Waals surface area contributed by atoms with Crippen molar-refractivity contribution in [2.75, 3.05) is 16.4 Å². The molecular weight excluding hydrogens is 372 g/mol. The van der Waals surface area contributed by atoms with E-state index in [1.807, 2.05) is 36.4 Å². The average Bonchev–Trinajstić information content (AvgIpc) is 2.46. The second-order valence-electron chi connectivity index (χ2n) is 4.64. The number of anilines is 2. The Hall–Kier alpha value is -1.17. The fraction of sp³-hybridized carbons (Fsp3) is 0.133. The normalized spacial score (nSPS) is 13.5. The van der Waals surface area contributed by atoms with Gasteiger partial charge in [0, 0.05) is 26.6 Å². The summed E-state index contributed by atoms with van der Waals surface area (Å²) in [5, 5.41) is 6.95. The van der Waals surface area contributed by atoms with Gasteiger partial charge >= 0.3 is 0 Å². The molecule has 1 amide bonds. The molecular formula is C15H12BrClN2OS. The molecule has 21 heavy (non-hydrogen) atoms. The molecule has 0 unspecified atom stereocenters. The molecule has 2 N–H and O–H groups in total. The maximum absolute atomic E-state index is 11.4. The minimum Gasteiger partial charge on any atom is -0.381 e. The van der Waals surface area contributed by atoms with Gasteiger partial charge in [-0.25, -0.2) is 0 Å². The van der Waals surface area contributed by atoms with Crippen molar-refractivity contribution < 1.29 is 4.79 Å². The van der Waals surface area contributed by atoms with E-state index in [-0.39, 0.29) is 5.91 Å². The molecule has 6 heteroatoms. The molecule has 0 aliphatic carbocycles. The van der Waals surface area contributed by atoms with E-state index in [1.54, 1.807) is 11.8 Å². The van der Waals surface area contributed by atoms with Crippen LogP contribution in [0.4, 0.5) is 11.4 Å². The molecule has 0 bridgehead atoms. The molecule has 1 aliphatic rings. The van der Waals surface area contributed by atoms with Gasteiger partial charge < -0.3 is 10.6 Å². The Bertz CT molecular complexity index is 708. The number of thioether (sulfide) groups is 1. The molecule has 3 nitrogen and oxygen atoms in total. The maximum Gasteiger partial charge on any atom is 0.234 e. The fourth-order valence-electron chi connectivity index (χ4n) is 2.06. The number of rotatable bonds is 3. The Morgan fingerprint density at radius 2 is 2.14 bits per heavy atom. The first-order valence-corrected chi connectivity index (χ1v) is 8.52. The van der Waals surface area contributed by atoms with E-state index < -0.39 is 0 Å². The van der Waals surface area contributed by atoms with E-state index in [4.69, 9.17) is 11.6 Å². The summed E-state index contributed by atoms with van der Waals surface area (Å²) in [5.41, 5.74) is 2.96. The van der Waals surface area contributed by atoms with Crippen LogP contribution in [-0.4, -0.2) is 11.7 Å². The molecule has 0 spiro atoms. The van der Waals surface area contributed by atoms with Crippen LogP contribution in [0, 0.1) is 0 Å². The van der Waals surface area contributed by atoms with Gasteiger partial charge in [0.15, 0.2) is 0 Å². The number of amides is 1. The summed E-state index contributed by atoms with van der Waals surface area (Å²) < 4.78 is 0.976. The van der Waals surface area contributed by atoms with Crippen LogP contribution in [0.25, 0.3) is 0 Å². The molecule has 0 saturated carbocycles. The lowest BCUT2D eigenvalue weighted by atomic mass is 10.2. The number of fused-ring (bicyclic) bond motifs is 1. The van der Waals surface area contributed by atoms with Gasteiger partial charge in [-0.05, 0) is 35.9 Å². The second kappa shape index (κ2) is 6.30. The molecule has 1 aliphatic heterocycles. The van der Waals surface area contributed by atoms with Crippen molar-refractivity contribution in [3.05, 3.63) is 51.5 Å². The van der Waals surface area contributed by atoms with E-state index in [0.29, 0.717) is 17.3 Å². The summed E-state index contributed by atoms with van der Waals surface area (Å²) in [7, 11) is 0. The number of carbonyl (C=O) groups is 1. The van der Waals surface area contributed by atoms with E-state index in [2.05, 4.69) is 26.6 Å². The highest BCUT2D eigenvalue weighted by molar-refractivity contribution is 9.10. The van der Waals surface area contributed by atoms with E-state index in [1.165, 1.54) is 0 Å².